The second-order valence-corrected chi connectivity index (χ2v) is 3.46. The summed E-state index contributed by atoms with van der Waals surface area (Å²) in [5.74, 6) is -0.758. The van der Waals surface area contributed by atoms with E-state index in [2.05, 4.69) is 4.74 Å². The lowest BCUT2D eigenvalue weighted by molar-refractivity contribution is -0.137. The number of carbonyl (C=O) groups excluding carboxylic acids is 1. The maximum absolute atomic E-state index is 12.5. The van der Waals surface area contributed by atoms with Gasteiger partial charge in [-0.3, -0.25) is 0 Å². The molecule has 0 bridgehead atoms. The minimum absolute atomic E-state index is 0.0465. The van der Waals surface area contributed by atoms with E-state index in [9.17, 15) is 18.0 Å². The number of benzene rings is 1. The van der Waals surface area contributed by atoms with E-state index in [1.54, 1.807) is 6.92 Å². The van der Waals surface area contributed by atoms with Crippen LogP contribution in [-0.2, 0) is 10.9 Å². The predicted molar refractivity (Wildman–Crippen MR) is 52.3 cm³/mol. The Morgan fingerprint density at radius 3 is 2.25 bits per heavy atom. The van der Waals surface area contributed by atoms with Gasteiger partial charge in [0.1, 0.15) is 0 Å². The molecule has 0 aromatic heterocycles. The maximum atomic E-state index is 12.5. The Balaban J connectivity index is 3.39. The Kier molecular flexibility index (Phi) is 3.26. The van der Waals surface area contributed by atoms with E-state index in [-0.39, 0.29) is 5.56 Å². The fraction of sp³-hybridized carbons (Fsp3) is 0.364. The first-order valence-electron chi connectivity index (χ1n) is 4.54. The number of esters is 1. The molecule has 0 aliphatic carbocycles. The number of carbonyl (C=O) groups is 1. The van der Waals surface area contributed by atoms with Crippen molar-refractivity contribution in [3.8, 4) is 0 Å². The molecule has 5 heteroatoms. The summed E-state index contributed by atoms with van der Waals surface area (Å²) in [7, 11) is 1.14. The van der Waals surface area contributed by atoms with E-state index in [1.165, 1.54) is 6.92 Å². The standard InChI is InChI=1S/C11H11F3O2/c1-6-4-8(11(12,13)14)5-9(7(6)2)10(15)16-3/h4-5H,1-3H3. The molecule has 1 aromatic rings. The van der Waals surface area contributed by atoms with Gasteiger partial charge in [0.25, 0.3) is 0 Å². The van der Waals surface area contributed by atoms with E-state index in [1.807, 2.05) is 0 Å². The fourth-order valence-corrected chi connectivity index (χ4v) is 1.34. The molecule has 0 spiro atoms. The molecule has 0 radical (unpaired) electrons. The van der Waals surface area contributed by atoms with Crippen LogP contribution in [0.25, 0.3) is 0 Å². The van der Waals surface area contributed by atoms with E-state index in [4.69, 9.17) is 0 Å². The molecule has 0 amide bonds. The summed E-state index contributed by atoms with van der Waals surface area (Å²) in [6, 6.07) is 1.83. The molecule has 0 saturated heterocycles. The normalized spacial score (nSPS) is 11.4. The average molecular weight is 232 g/mol. The Labute approximate surface area is 91.0 Å². The van der Waals surface area contributed by atoms with Crippen molar-refractivity contribution in [2.24, 2.45) is 0 Å². The van der Waals surface area contributed by atoms with Crippen molar-refractivity contribution in [1.82, 2.24) is 0 Å². The van der Waals surface area contributed by atoms with Gasteiger partial charge < -0.3 is 4.74 Å². The molecule has 0 atom stereocenters. The number of hydrogen-bond acceptors (Lipinski definition) is 2. The van der Waals surface area contributed by atoms with E-state index < -0.39 is 17.7 Å². The number of rotatable bonds is 1. The van der Waals surface area contributed by atoms with Gasteiger partial charge >= 0.3 is 12.1 Å². The lowest BCUT2D eigenvalue weighted by atomic mass is 9.99. The number of ether oxygens (including phenoxy) is 1. The summed E-state index contributed by atoms with van der Waals surface area (Å²) in [6.45, 7) is 3.11. The zero-order valence-electron chi connectivity index (χ0n) is 9.11. The third kappa shape index (κ3) is 2.35. The highest BCUT2D eigenvalue weighted by atomic mass is 19.4. The molecule has 0 unspecified atom stereocenters. The number of hydrogen-bond donors (Lipinski definition) is 0. The lowest BCUT2D eigenvalue weighted by Crippen LogP contribution is -2.11. The first-order valence-corrected chi connectivity index (χ1v) is 4.54. The second-order valence-electron chi connectivity index (χ2n) is 3.46. The Morgan fingerprint density at radius 2 is 1.81 bits per heavy atom. The zero-order chi connectivity index (χ0) is 12.5. The molecular formula is C11H11F3O2. The highest BCUT2D eigenvalue weighted by Crippen LogP contribution is 2.32. The van der Waals surface area contributed by atoms with Crippen LogP contribution in [0.15, 0.2) is 12.1 Å². The van der Waals surface area contributed by atoms with Gasteiger partial charge in [0, 0.05) is 0 Å². The van der Waals surface area contributed by atoms with Crippen LogP contribution in [0.3, 0.4) is 0 Å². The molecule has 1 rings (SSSR count). The Morgan fingerprint density at radius 1 is 1.25 bits per heavy atom. The number of methoxy groups -OCH3 is 1. The molecule has 2 nitrogen and oxygen atoms in total. The molecular weight excluding hydrogens is 221 g/mol. The van der Waals surface area contributed by atoms with Gasteiger partial charge in [-0.1, -0.05) is 0 Å². The molecule has 0 aliphatic heterocycles. The fourth-order valence-electron chi connectivity index (χ4n) is 1.34. The van der Waals surface area contributed by atoms with Crippen molar-refractivity contribution in [3.63, 3.8) is 0 Å². The summed E-state index contributed by atoms with van der Waals surface area (Å²) in [6.07, 6.45) is -4.46. The second kappa shape index (κ2) is 4.15. The first kappa shape index (κ1) is 12.5. The summed E-state index contributed by atoms with van der Waals surface area (Å²) in [5.41, 5.74) is 0.0286. The predicted octanol–water partition coefficient (Wildman–Crippen LogP) is 3.11. The molecule has 0 aliphatic rings. The minimum atomic E-state index is -4.46. The van der Waals surface area contributed by atoms with Crippen LogP contribution in [-0.4, -0.2) is 13.1 Å². The summed E-state index contributed by atoms with van der Waals surface area (Å²) < 4.78 is 41.9. The van der Waals surface area contributed by atoms with Crippen molar-refractivity contribution in [1.29, 1.82) is 0 Å². The van der Waals surface area contributed by atoms with Crippen molar-refractivity contribution in [2.45, 2.75) is 20.0 Å². The van der Waals surface area contributed by atoms with Gasteiger partial charge in [-0.25, -0.2) is 4.79 Å². The summed E-state index contributed by atoms with van der Waals surface area (Å²) >= 11 is 0. The highest BCUT2D eigenvalue weighted by molar-refractivity contribution is 5.91. The van der Waals surface area contributed by atoms with Crippen molar-refractivity contribution >= 4 is 5.97 Å². The smallest absolute Gasteiger partial charge is 0.416 e. The van der Waals surface area contributed by atoms with Crippen LogP contribution in [0, 0.1) is 13.8 Å². The highest BCUT2D eigenvalue weighted by Gasteiger charge is 2.32. The topological polar surface area (TPSA) is 26.3 Å². The SMILES string of the molecule is COC(=O)c1cc(C(F)(F)F)cc(C)c1C. The monoisotopic (exact) mass is 232 g/mol. The van der Waals surface area contributed by atoms with Crippen LogP contribution in [0.4, 0.5) is 13.2 Å². The van der Waals surface area contributed by atoms with Gasteiger partial charge in [0.2, 0.25) is 0 Å². The van der Waals surface area contributed by atoms with Gasteiger partial charge in [0.15, 0.2) is 0 Å². The van der Waals surface area contributed by atoms with Crippen LogP contribution in [0.5, 0.6) is 0 Å². The molecule has 0 N–H and O–H groups in total. The van der Waals surface area contributed by atoms with Gasteiger partial charge in [-0.05, 0) is 37.1 Å². The van der Waals surface area contributed by atoms with Crippen LogP contribution in [0.1, 0.15) is 27.0 Å². The van der Waals surface area contributed by atoms with Gasteiger partial charge in [-0.15, -0.1) is 0 Å². The number of alkyl halides is 3. The molecule has 0 fully saturated rings. The third-order valence-electron chi connectivity index (χ3n) is 2.40. The van der Waals surface area contributed by atoms with Gasteiger partial charge in [-0.2, -0.15) is 13.2 Å². The third-order valence-corrected chi connectivity index (χ3v) is 2.40. The molecule has 16 heavy (non-hydrogen) atoms. The zero-order valence-corrected chi connectivity index (χ0v) is 9.11. The number of aryl methyl sites for hydroxylation is 1. The minimum Gasteiger partial charge on any atom is -0.465 e. The van der Waals surface area contributed by atoms with Crippen LogP contribution >= 0.6 is 0 Å². The molecule has 1 aromatic carbocycles. The average Bonchev–Trinajstić information content (AvgIpc) is 2.19. The maximum Gasteiger partial charge on any atom is 0.416 e. The van der Waals surface area contributed by atoms with Crippen LogP contribution < -0.4 is 0 Å². The summed E-state index contributed by atoms with van der Waals surface area (Å²) in [4.78, 5) is 11.3. The molecule has 0 heterocycles. The van der Waals surface area contributed by atoms with Crippen molar-refractivity contribution in [2.75, 3.05) is 7.11 Å². The van der Waals surface area contributed by atoms with E-state index in [0.717, 1.165) is 19.2 Å². The first-order chi connectivity index (χ1) is 7.27. The Hall–Kier alpha value is -1.52. The largest absolute Gasteiger partial charge is 0.465 e. The molecule has 0 saturated carbocycles. The van der Waals surface area contributed by atoms with Crippen LogP contribution in [0.2, 0.25) is 0 Å². The quantitative estimate of drug-likeness (QED) is 0.695. The van der Waals surface area contributed by atoms with E-state index >= 15 is 0 Å². The Bertz CT molecular complexity index is 422. The molecule has 88 valence electrons. The number of halogens is 3. The van der Waals surface area contributed by atoms with E-state index in [0.29, 0.717) is 11.1 Å². The summed E-state index contributed by atoms with van der Waals surface area (Å²) in [5, 5.41) is 0. The lowest BCUT2D eigenvalue weighted by Gasteiger charge is -2.12. The van der Waals surface area contributed by atoms with Gasteiger partial charge in [0.05, 0.1) is 18.2 Å². The van der Waals surface area contributed by atoms with Crippen molar-refractivity contribution in [3.05, 3.63) is 34.4 Å². The van der Waals surface area contributed by atoms with Crippen molar-refractivity contribution < 1.29 is 22.7 Å².